The number of nitrogens with two attached hydrogens (primary N) is 2. The Bertz CT molecular complexity index is 1020. The van der Waals surface area contributed by atoms with Gasteiger partial charge in [-0.1, -0.05) is 36.4 Å². The number of hydrogen-bond acceptors (Lipinski definition) is 5. The third-order valence-corrected chi connectivity index (χ3v) is 4.39. The molecule has 0 radical (unpaired) electrons. The van der Waals surface area contributed by atoms with E-state index in [1.54, 1.807) is 72.8 Å². The molecule has 0 aliphatic carbocycles. The zero-order valence-corrected chi connectivity index (χ0v) is 16.0. The van der Waals surface area contributed by atoms with E-state index in [1.807, 2.05) is 0 Å². The van der Waals surface area contributed by atoms with Crippen molar-refractivity contribution in [1.29, 1.82) is 0 Å². The van der Waals surface area contributed by atoms with E-state index in [0.29, 0.717) is 28.3 Å². The molecule has 3 aromatic carbocycles. The summed E-state index contributed by atoms with van der Waals surface area (Å²) in [5.41, 5.74) is 15.2. The van der Waals surface area contributed by atoms with Crippen LogP contribution in [0.4, 0.5) is 27.5 Å². The molecule has 0 heterocycles. The first-order valence-corrected chi connectivity index (χ1v) is 8.94. The van der Waals surface area contributed by atoms with Gasteiger partial charge in [0.2, 0.25) is 0 Å². The SMILES string of the molecule is COC(=O)N(Cc1ccc(C(=O)Nc2ccccc2N)cc1)c1ccccc1N. The number of nitrogens with one attached hydrogen (secondary N) is 1. The first-order valence-electron chi connectivity index (χ1n) is 8.94. The number of hydrogen-bond donors (Lipinski definition) is 3. The van der Waals surface area contributed by atoms with Crippen LogP contribution in [0.3, 0.4) is 0 Å². The fraction of sp³-hybridized carbons (Fsp3) is 0.0909. The van der Waals surface area contributed by atoms with Gasteiger partial charge in [-0.15, -0.1) is 0 Å². The number of carbonyl (C=O) groups is 2. The molecular formula is C22H22N4O3. The van der Waals surface area contributed by atoms with E-state index in [0.717, 1.165) is 5.56 Å². The highest BCUT2D eigenvalue weighted by atomic mass is 16.5. The minimum Gasteiger partial charge on any atom is -0.452 e. The van der Waals surface area contributed by atoms with Gasteiger partial charge in [0.1, 0.15) is 0 Å². The van der Waals surface area contributed by atoms with Crippen molar-refractivity contribution in [3.8, 4) is 0 Å². The lowest BCUT2D eigenvalue weighted by molar-refractivity contribution is 0.102. The topological polar surface area (TPSA) is 111 Å². The lowest BCUT2D eigenvalue weighted by Gasteiger charge is -2.23. The molecule has 7 nitrogen and oxygen atoms in total. The fourth-order valence-electron chi connectivity index (χ4n) is 2.84. The largest absolute Gasteiger partial charge is 0.452 e. The van der Waals surface area contributed by atoms with Crippen LogP contribution in [0.2, 0.25) is 0 Å². The molecule has 29 heavy (non-hydrogen) atoms. The molecule has 0 spiro atoms. The van der Waals surface area contributed by atoms with Crippen LogP contribution in [-0.2, 0) is 11.3 Å². The number of para-hydroxylation sites is 4. The Morgan fingerprint density at radius 3 is 2.14 bits per heavy atom. The van der Waals surface area contributed by atoms with E-state index in [-0.39, 0.29) is 12.5 Å². The van der Waals surface area contributed by atoms with Gasteiger partial charge in [0.15, 0.2) is 0 Å². The van der Waals surface area contributed by atoms with Gasteiger partial charge < -0.3 is 21.5 Å². The van der Waals surface area contributed by atoms with Crippen LogP contribution < -0.4 is 21.7 Å². The molecule has 0 atom stereocenters. The number of methoxy groups -OCH3 is 1. The zero-order chi connectivity index (χ0) is 20.8. The third kappa shape index (κ3) is 4.65. The summed E-state index contributed by atoms with van der Waals surface area (Å²) in [5, 5.41) is 2.78. The summed E-state index contributed by atoms with van der Waals surface area (Å²) in [4.78, 5) is 26.1. The van der Waals surface area contributed by atoms with E-state index >= 15 is 0 Å². The van der Waals surface area contributed by atoms with E-state index < -0.39 is 6.09 Å². The van der Waals surface area contributed by atoms with Gasteiger partial charge in [-0.25, -0.2) is 4.79 Å². The fourth-order valence-corrected chi connectivity index (χ4v) is 2.84. The van der Waals surface area contributed by atoms with Crippen molar-refractivity contribution in [3.63, 3.8) is 0 Å². The zero-order valence-electron chi connectivity index (χ0n) is 16.0. The minimum atomic E-state index is -0.524. The number of nitrogen functional groups attached to an aromatic ring is 2. The lowest BCUT2D eigenvalue weighted by atomic mass is 10.1. The Hall–Kier alpha value is -4.00. The number of benzene rings is 3. The number of nitrogens with zero attached hydrogens (tertiary/aromatic N) is 1. The molecule has 5 N–H and O–H groups in total. The van der Waals surface area contributed by atoms with Gasteiger partial charge in [-0.05, 0) is 42.0 Å². The monoisotopic (exact) mass is 390 g/mol. The second-order valence-corrected chi connectivity index (χ2v) is 6.35. The van der Waals surface area contributed by atoms with Gasteiger partial charge >= 0.3 is 6.09 Å². The van der Waals surface area contributed by atoms with Crippen molar-refractivity contribution in [2.24, 2.45) is 0 Å². The van der Waals surface area contributed by atoms with E-state index in [2.05, 4.69) is 5.32 Å². The maximum absolute atomic E-state index is 12.5. The maximum atomic E-state index is 12.5. The summed E-state index contributed by atoms with van der Waals surface area (Å²) < 4.78 is 4.89. The van der Waals surface area contributed by atoms with Crippen LogP contribution in [0.25, 0.3) is 0 Å². The standard InChI is InChI=1S/C22H22N4O3/c1-29-22(28)26(20-9-5-3-7-18(20)24)14-15-10-12-16(13-11-15)21(27)25-19-8-4-2-6-17(19)23/h2-13H,14,23-24H2,1H3,(H,25,27). The smallest absolute Gasteiger partial charge is 0.414 e. The number of rotatable bonds is 5. The molecule has 0 aliphatic rings. The van der Waals surface area contributed by atoms with E-state index in [9.17, 15) is 9.59 Å². The van der Waals surface area contributed by atoms with Crippen molar-refractivity contribution in [2.45, 2.75) is 6.54 Å². The molecule has 0 unspecified atom stereocenters. The van der Waals surface area contributed by atoms with Gasteiger partial charge in [0.05, 0.1) is 36.4 Å². The van der Waals surface area contributed by atoms with Crippen molar-refractivity contribution < 1.29 is 14.3 Å². The highest BCUT2D eigenvalue weighted by Crippen LogP contribution is 2.25. The van der Waals surface area contributed by atoms with Crippen LogP contribution in [0.1, 0.15) is 15.9 Å². The molecule has 3 rings (SSSR count). The van der Waals surface area contributed by atoms with Gasteiger partial charge in [0, 0.05) is 5.56 Å². The maximum Gasteiger partial charge on any atom is 0.414 e. The van der Waals surface area contributed by atoms with Crippen molar-refractivity contribution >= 4 is 34.7 Å². The van der Waals surface area contributed by atoms with E-state index in [4.69, 9.17) is 16.2 Å². The summed E-state index contributed by atoms with van der Waals surface area (Å²) >= 11 is 0. The van der Waals surface area contributed by atoms with E-state index in [1.165, 1.54) is 12.0 Å². The quantitative estimate of drug-likeness (QED) is 0.573. The highest BCUT2D eigenvalue weighted by Gasteiger charge is 2.19. The third-order valence-electron chi connectivity index (χ3n) is 4.39. The van der Waals surface area contributed by atoms with Crippen LogP contribution in [0.15, 0.2) is 72.8 Å². The molecule has 3 aromatic rings. The Balaban J connectivity index is 1.76. The Labute approximate surface area is 168 Å². The number of carbonyl (C=O) groups excluding carboxylic acids is 2. The summed E-state index contributed by atoms with van der Waals surface area (Å²) in [5.74, 6) is -0.272. The second-order valence-electron chi connectivity index (χ2n) is 6.35. The average Bonchev–Trinajstić information content (AvgIpc) is 2.74. The normalized spacial score (nSPS) is 10.2. The summed E-state index contributed by atoms with van der Waals surface area (Å²) in [7, 11) is 1.32. The summed E-state index contributed by atoms with van der Waals surface area (Å²) in [6.07, 6.45) is -0.524. The van der Waals surface area contributed by atoms with Crippen molar-refractivity contribution in [1.82, 2.24) is 0 Å². The molecule has 148 valence electrons. The molecular weight excluding hydrogens is 368 g/mol. The molecule has 0 fully saturated rings. The van der Waals surface area contributed by atoms with Gasteiger partial charge in [-0.2, -0.15) is 0 Å². The number of ether oxygens (including phenoxy) is 1. The van der Waals surface area contributed by atoms with Gasteiger partial charge in [-0.3, -0.25) is 9.69 Å². The predicted molar refractivity (Wildman–Crippen MR) is 115 cm³/mol. The minimum absolute atomic E-state index is 0.244. The number of amides is 2. The molecule has 2 amide bonds. The molecule has 0 aliphatic heterocycles. The highest BCUT2D eigenvalue weighted by molar-refractivity contribution is 6.05. The second kappa shape index (κ2) is 8.79. The summed E-state index contributed by atoms with van der Waals surface area (Å²) in [6.45, 7) is 0.244. The first-order chi connectivity index (χ1) is 14.0. The molecule has 0 aromatic heterocycles. The molecule has 7 heteroatoms. The molecule has 0 saturated carbocycles. The van der Waals surface area contributed by atoms with Crippen molar-refractivity contribution in [3.05, 3.63) is 83.9 Å². The Morgan fingerprint density at radius 1 is 0.897 bits per heavy atom. The van der Waals surface area contributed by atoms with Crippen LogP contribution >= 0.6 is 0 Å². The van der Waals surface area contributed by atoms with Crippen LogP contribution in [0.5, 0.6) is 0 Å². The first kappa shape index (κ1) is 19.8. The lowest BCUT2D eigenvalue weighted by Crippen LogP contribution is -2.30. The predicted octanol–water partition coefficient (Wildman–Crippen LogP) is 3.88. The Morgan fingerprint density at radius 2 is 1.52 bits per heavy atom. The van der Waals surface area contributed by atoms with Crippen LogP contribution in [-0.4, -0.2) is 19.1 Å². The van der Waals surface area contributed by atoms with Gasteiger partial charge in [0.25, 0.3) is 5.91 Å². The molecule has 0 bridgehead atoms. The summed E-state index contributed by atoms with van der Waals surface area (Å²) in [6, 6.07) is 21.0. The Kier molecular flexibility index (Phi) is 5.99. The molecule has 0 saturated heterocycles. The average molecular weight is 390 g/mol. The van der Waals surface area contributed by atoms with Crippen molar-refractivity contribution in [2.75, 3.05) is 28.8 Å². The number of anilines is 4. The van der Waals surface area contributed by atoms with Crippen LogP contribution in [0, 0.1) is 0 Å².